The summed E-state index contributed by atoms with van der Waals surface area (Å²) in [6.07, 6.45) is 2.66. The number of hydrogen-bond donors (Lipinski definition) is 0. The van der Waals surface area contributed by atoms with E-state index in [1.807, 2.05) is 0 Å². The number of rotatable bonds is 3. The standard InChI is InChI=1S/C30H51N3O3/c1-25(2,3)19-13-34-22(31-19)28(10)16-29(11,23-32-20(14-35-23)26(4,5)6)18-30(12,17-28)24-33-21(15-36-24)27(7,8)9/h19-21H,13-18H2,1-12H3/t19-,20-,21-,28?,29?,30?/m1/s1. The molecule has 1 aliphatic carbocycles. The lowest BCUT2D eigenvalue weighted by molar-refractivity contribution is 0.0636. The fraction of sp³-hybridized carbons (Fsp3) is 0.900. The van der Waals surface area contributed by atoms with Crippen LogP contribution in [-0.4, -0.2) is 55.6 Å². The second-order valence-corrected chi connectivity index (χ2v) is 16.1. The van der Waals surface area contributed by atoms with E-state index in [1.54, 1.807) is 0 Å². The van der Waals surface area contributed by atoms with Crippen molar-refractivity contribution in [3.8, 4) is 0 Å². The molecule has 204 valence electrons. The first-order chi connectivity index (χ1) is 16.3. The van der Waals surface area contributed by atoms with Gasteiger partial charge in [-0.1, -0.05) is 83.1 Å². The third-order valence-corrected chi connectivity index (χ3v) is 8.84. The van der Waals surface area contributed by atoms with Crippen LogP contribution in [0.5, 0.6) is 0 Å². The molecule has 0 amide bonds. The smallest absolute Gasteiger partial charge is 0.189 e. The average Bonchev–Trinajstić information content (AvgIpc) is 3.46. The van der Waals surface area contributed by atoms with Crippen LogP contribution in [0.3, 0.4) is 0 Å². The van der Waals surface area contributed by atoms with Gasteiger partial charge in [0.05, 0.1) is 18.1 Å². The molecule has 0 aromatic rings. The molecule has 6 nitrogen and oxygen atoms in total. The van der Waals surface area contributed by atoms with E-state index < -0.39 is 0 Å². The highest BCUT2D eigenvalue weighted by Crippen LogP contribution is 2.58. The van der Waals surface area contributed by atoms with E-state index in [0.29, 0.717) is 19.8 Å². The maximum atomic E-state index is 6.39. The molecule has 1 fully saturated rings. The lowest BCUT2D eigenvalue weighted by Crippen LogP contribution is -2.52. The molecule has 4 rings (SSSR count). The molecule has 0 aromatic carbocycles. The van der Waals surface area contributed by atoms with E-state index in [9.17, 15) is 0 Å². The fourth-order valence-corrected chi connectivity index (χ4v) is 6.67. The minimum atomic E-state index is -0.265. The second-order valence-electron chi connectivity index (χ2n) is 16.1. The van der Waals surface area contributed by atoms with Gasteiger partial charge < -0.3 is 14.2 Å². The Labute approximate surface area is 219 Å². The van der Waals surface area contributed by atoms with Gasteiger partial charge in [0.2, 0.25) is 0 Å². The quantitative estimate of drug-likeness (QED) is 0.431. The third-order valence-electron chi connectivity index (χ3n) is 8.84. The molecular weight excluding hydrogens is 450 g/mol. The van der Waals surface area contributed by atoms with Crippen molar-refractivity contribution in [1.29, 1.82) is 0 Å². The first-order valence-corrected chi connectivity index (χ1v) is 13.9. The van der Waals surface area contributed by atoms with Crippen LogP contribution in [0.1, 0.15) is 102 Å². The van der Waals surface area contributed by atoms with Crippen LogP contribution in [0.4, 0.5) is 0 Å². The lowest BCUT2D eigenvalue weighted by atomic mass is 9.54. The van der Waals surface area contributed by atoms with Gasteiger partial charge in [-0.15, -0.1) is 0 Å². The summed E-state index contributed by atoms with van der Waals surface area (Å²) in [6, 6.07) is 0.498. The molecule has 3 heterocycles. The van der Waals surface area contributed by atoms with Gasteiger partial charge in [-0.25, -0.2) is 15.0 Å². The molecule has 1 saturated carbocycles. The number of aliphatic imine (C=N–C) groups is 3. The number of hydrogen-bond acceptors (Lipinski definition) is 6. The van der Waals surface area contributed by atoms with E-state index in [4.69, 9.17) is 29.2 Å². The van der Waals surface area contributed by atoms with E-state index in [-0.39, 0.29) is 50.6 Å². The van der Waals surface area contributed by atoms with Crippen LogP contribution in [-0.2, 0) is 14.2 Å². The normalized spacial score (nSPS) is 39.7. The first kappa shape index (κ1) is 27.4. The summed E-state index contributed by atoms with van der Waals surface area (Å²) in [7, 11) is 0. The Balaban J connectivity index is 1.75. The Kier molecular flexibility index (Phi) is 6.45. The summed E-state index contributed by atoms with van der Waals surface area (Å²) < 4.78 is 19.2. The maximum absolute atomic E-state index is 6.39. The van der Waals surface area contributed by atoms with Gasteiger partial charge >= 0.3 is 0 Å². The van der Waals surface area contributed by atoms with Gasteiger partial charge in [-0.05, 0) is 35.5 Å². The summed E-state index contributed by atoms with van der Waals surface area (Å²) >= 11 is 0. The fourth-order valence-electron chi connectivity index (χ4n) is 6.67. The van der Waals surface area contributed by atoms with E-state index in [2.05, 4.69) is 83.1 Å². The molecule has 0 radical (unpaired) electrons. The van der Waals surface area contributed by atoms with Gasteiger partial charge in [0, 0.05) is 16.2 Å². The van der Waals surface area contributed by atoms with Crippen LogP contribution < -0.4 is 0 Å². The zero-order valence-electron chi connectivity index (χ0n) is 25.0. The van der Waals surface area contributed by atoms with Gasteiger partial charge in [0.25, 0.3) is 0 Å². The minimum Gasteiger partial charge on any atom is -0.478 e. The van der Waals surface area contributed by atoms with Crippen molar-refractivity contribution in [2.24, 2.45) is 47.5 Å². The summed E-state index contributed by atoms with van der Waals surface area (Å²) in [6.45, 7) is 29.1. The molecule has 36 heavy (non-hydrogen) atoms. The highest BCUT2D eigenvalue weighted by atomic mass is 16.5. The molecule has 4 aliphatic rings. The van der Waals surface area contributed by atoms with Crippen molar-refractivity contribution in [2.75, 3.05) is 19.8 Å². The first-order valence-electron chi connectivity index (χ1n) is 13.9. The molecule has 0 spiro atoms. The molecule has 3 atom stereocenters. The highest BCUT2D eigenvalue weighted by molar-refractivity contribution is 5.92. The zero-order valence-corrected chi connectivity index (χ0v) is 25.0. The van der Waals surface area contributed by atoms with Crippen molar-refractivity contribution in [3.63, 3.8) is 0 Å². The van der Waals surface area contributed by atoms with Crippen molar-refractivity contribution in [1.82, 2.24) is 0 Å². The number of ether oxygens (including phenoxy) is 3. The van der Waals surface area contributed by atoms with Gasteiger partial charge in [0.15, 0.2) is 17.7 Å². The average molecular weight is 502 g/mol. The SMILES string of the molecule is CC1(C2=N[C@@H](C(C)(C)C)CO2)CC(C)(C2=N[C@@H](C(C)(C)C)CO2)CC(C)(C2=N[C@@H](C(C)(C)C)CO2)C1. The highest BCUT2D eigenvalue weighted by Gasteiger charge is 2.59. The van der Waals surface area contributed by atoms with Gasteiger partial charge in [0.1, 0.15) is 19.8 Å². The van der Waals surface area contributed by atoms with Crippen molar-refractivity contribution in [3.05, 3.63) is 0 Å². The van der Waals surface area contributed by atoms with Crippen LogP contribution in [0.2, 0.25) is 0 Å². The summed E-state index contributed by atoms with van der Waals surface area (Å²) in [4.78, 5) is 15.5. The summed E-state index contributed by atoms with van der Waals surface area (Å²) in [5, 5.41) is 0. The van der Waals surface area contributed by atoms with E-state index >= 15 is 0 Å². The molecular formula is C30H51N3O3. The predicted octanol–water partition coefficient (Wildman–Crippen LogP) is 6.72. The molecule has 0 unspecified atom stereocenters. The van der Waals surface area contributed by atoms with Crippen LogP contribution in [0.15, 0.2) is 15.0 Å². The summed E-state index contributed by atoms with van der Waals surface area (Å²) in [5.74, 6) is 2.66. The molecule has 0 aromatic heterocycles. The van der Waals surface area contributed by atoms with Crippen LogP contribution >= 0.6 is 0 Å². The topological polar surface area (TPSA) is 64.8 Å². The third kappa shape index (κ3) is 5.07. The molecule has 6 heteroatoms. The minimum absolute atomic E-state index is 0.0660. The lowest BCUT2D eigenvalue weighted by Gasteiger charge is -2.51. The summed E-state index contributed by atoms with van der Waals surface area (Å²) in [5.41, 5.74) is -0.596. The molecule has 0 bridgehead atoms. The monoisotopic (exact) mass is 501 g/mol. The maximum Gasteiger partial charge on any atom is 0.189 e. The van der Waals surface area contributed by atoms with Crippen molar-refractivity contribution >= 4 is 17.7 Å². The van der Waals surface area contributed by atoms with E-state index in [1.165, 1.54) is 0 Å². The molecule has 3 aliphatic heterocycles. The van der Waals surface area contributed by atoms with Crippen LogP contribution in [0, 0.1) is 32.5 Å². The Morgan fingerprint density at radius 2 is 0.722 bits per heavy atom. The Morgan fingerprint density at radius 3 is 0.889 bits per heavy atom. The van der Waals surface area contributed by atoms with Gasteiger partial charge in [-0.3, -0.25) is 0 Å². The van der Waals surface area contributed by atoms with Crippen molar-refractivity contribution in [2.45, 2.75) is 120 Å². The largest absolute Gasteiger partial charge is 0.478 e. The van der Waals surface area contributed by atoms with Gasteiger partial charge in [-0.2, -0.15) is 0 Å². The van der Waals surface area contributed by atoms with Crippen LogP contribution in [0.25, 0.3) is 0 Å². The van der Waals surface area contributed by atoms with Crippen molar-refractivity contribution < 1.29 is 14.2 Å². The number of nitrogens with zero attached hydrogens (tertiary/aromatic N) is 3. The predicted molar refractivity (Wildman–Crippen MR) is 148 cm³/mol. The molecule has 0 saturated heterocycles. The Bertz CT molecular complexity index is 828. The Morgan fingerprint density at radius 1 is 0.500 bits per heavy atom. The molecule has 0 N–H and O–H groups in total. The zero-order chi connectivity index (χ0) is 26.9. The second kappa shape index (κ2) is 8.46. The van der Waals surface area contributed by atoms with E-state index in [0.717, 1.165) is 37.0 Å². The Hall–Kier alpha value is -1.59.